The highest BCUT2D eigenvalue weighted by atomic mass is 15.3. The first-order valence-electron chi connectivity index (χ1n) is 11.8. The number of nitrogens with zero attached hydrogens (tertiary/aromatic N) is 4. The van der Waals surface area contributed by atoms with Gasteiger partial charge in [-0.3, -0.25) is 4.90 Å². The van der Waals surface area contributed by atoms with Crippen molar-refractivity contribution in [2.45, 2.75) is 82.9 Å². The van der Waals surface area contributed by atoms with E-state index in [-0.39, 0.29) is 23.8 Å². The molecule has 2 saturated heterocycles. The Kier molecular flexibility index (Phi) is 4.36. The van der Waals surface area contributed by atoms with Crippen LogP contribution in [0, 0.1) is 6.85 Å². The van der Waals surface area contributed by atoms with Crippen molar-refractivity contribution >= 4 is 0 Å². The number of rotatable bonds is 6. The van der Waals surface area contributed by atoms with E-state index in [0.29, 0.717) is 12.1 Å². The molecule has 0 aliphatic carbocycles. The van der Waals surface area contributed by atoms with Gasteiger partial charge in [-0.2, -0.15) is 0 Å². The van der Waals surface area contributed by atoms with Crippen molar-refractivity contribution in [1.29, 1.82) is 0 Å². The summed E-state index contributed by atoms with van der Waals surface area (Å²) >= 11 is 0. The van der Waals surface area contributed by atoms with Gasteiger partial charge < -0.3 is 10.3 Å². The molecule has 5 nitrogen and oxygen atoms in total. The molecule has 2 fully saturated rings. The molecule has 0 spiro atoms. The molecule has 2 aromatic rings. The molecule has 146 valence electrons. The van der Waals surface area contributed by atoms with E-state index in [1.165, 1.54) is 18.4 Å². The number of piperidine rings is 1. The van der Waals surface area contributed by atoms with Crippen LogP contribution in [0.15, 0.2) is 30.3 Å². The molecular weight excluding hydrogens is 334 g/mol. The number of hydrogen-bond acceptors (Lipinski definition) is 4. The second kappa shape index (κ2) is 7.72. The Bertz CT molecular complexity index is 834. The number of fused-ring (bicyclic) bond motifs is 2. The lowest BCUT2D eigenvalue weighted by molar-refractivity contribution is 0.101. The summed E-state index contributed by atoms with van der Waals surface area (Å²) in [5, 5.41) is 8.35. The highest BCUT2D eigenvalue weighted by Gasteiger charge is 2.42. The minimum absolute atomic E-state index is 0.0517. The van der Waals surface area contributed by atoms with Crippen LogP contribution >= 0.6 is 0 Å². The van der Waals surface area contributed by atoms with Gasteiger partial charge >= 0.3 is 0 Å². The zero-order chi connectivity index (χ0) is 21.5. The number of aryl methyl sites for hydroxylation is 1. The van der Waals surface area contributed by atoms with Crippen LogP contribution in [0.1, 0.15) is 85.3 Å². The summed E-state index contributed by atoms with van der Waals surface area (Å²) in [6.07, 6.45) is 5.19. The van der Waals surface area contributed by atoms with Crippen LogP contribution in [0.25, 0.3) is 0 Å². The summed E-state index contributed by atoms with van der Waals surface area (Å²) in [7, 11) is 0. The summed E-state index contributed by atoms with van der Waals surface area (Å²) in [4.78, 5) is 2.62. The van der Waals surface area contributed by atoms with Crippen LogP contribution in [0.5, 0.6) is 0 Å². The summed E-state index contributed by atoms with van der Waals surface area (Å²) in [6.45, 7) is 2.86. The quantitative estimate of drug-likeness (QED) is 0.836. The molecule has 0 amide bonds. The smallest absolute Gasteiger partial charge is 0.135 e. The molecule has 2 aliphatic rings. The fourth-order valence-electron chi connectivity index (χ4n) is 5.03. The first-order chi connectivity index (χ1) is 14.3. The van der Waals surface area contributed by atoms with E-state index in [0.717, 1.165) is 31.6 Å². The lowest BCUT2D eigenvalue weighted by atomic mass is 9.95. The first kappa shape index (κ1) is 15.2. The predicted octanol–water partition coefficient (Wildman–Crippen LogP) is 3.97. The van der Waals surface area contributed by atoms with Gasteiger partial charge in [0.05, 0.1) is 0 Å². The fourth-order valence-corrected chi connectivity index (χ4v) is 5.03. The van der Waals surface area contributed by atoms with E-state index in [1.54, 1.807) is 0 Å². The summed E-state index contributed by atoms with van der Waals surface area (Å²) in [5.74, 6) is 1.09. The summed E-state index contributed by atoms with van der Waals surface area (Å²) < 4.78 is 25.7. The topological polar surface area (TPSA) is 60.0 Å². The van der Waals surface area contributed by atoms with Gasteiger partial charge in [0.15, 0.2) is 0 Å². The predicted molar refractivity (Wildman–Crippen MR) is 109 cm³/mol. The van der Waals surface area contributed by atoms with Crippen molar-refractivity contribution in [3.63, 3.8) is 0 Å². The Hall–Kier alpha value is -1.72. The SMILES string of the molecule is [2H]C([2H])([2H])c1nnc(C(C)C)n1C1CC2CCC(C1)N2CC[C@H](N)c1ccccc1. The average Bonchev–Trinajstić information content (AvgIpc) is 3.26. The summed E-state index contributed by atoms with van der Waals surface area (Å²) in [5.41, 5.74) is 7.63. The molecule has 27 heavy (non-hydrogen) atoms. The van der Waals surface area contributed by atoms with Gasteiger partial charge in [-0.1, -0.05) is 44.2 Å². The molecule has 0 radical (unpaired) electrons. The minimum Gasteiger partial charge on any atom is -0.324 e. The molecule has 2 aliphatic heterocycles. The van der Waals surface area contributed by atoms with Crippen molar-refractivity contribution in [3.05, 3.63) is 47.5 Å². The molecular formula is C22H33N5. The van der Waals surface area contributed by atoms with E-state index < -0.39 is 6.85 Å². The van der Waals surface area contributed by atoms with Gasteiger partial charge in [0.1, 0.15) is 11.6 Å². The largest absolute Gasteiger partial charge is 0.324 e. The van der Waals surface area contributed by atoms with Gasteiger partial charge in [-0.15, -0.1) is 10.2 Å². The van der Waals surface area contributed by atoms with Crippen molar-refractivity contribution in [2.24, 2.45) is 5.73 Å². The van der Waals surface area contributed by atoms with Crippen molar-refractivity contribution < 1.29 is 4.11 Å². The molecule has 2 bridgehead atoms. The van der Waals surface area contributed by atoms with Crippen LogP contribution in [-0.2, 0) is 0 Å². The number of hydrogen-bond donors (Lipinski definition) is 1. The lowest BCUT2D eigenvalue weighted by Gasteiger charge is -2.40. The highest BCUT2D eigenvalue weighted by molar-refractivity contribution is 5.18. The van der Waals surface area contributed by atoms with Gasteiger partial charge in [0.25, 0.3) is 0 Å². The molecule has 1 aromatic carbocycles. The first-order valence-corrected chi connectivity index (χ1v) is 10.3. The maximum Gasteiger partial charge on any atom is 0.135 e. The maximum atomic E-state index is 7.92. The molecule has 2 N–H and O–H groups in total. The van der Waals surface area contributed by atoms with E-state index in [1.807, 2.05) is 22.8 Å². The zero-order valence-corrected chi connectivity index (χ0v) is 16.4. The molecule has 5 heteroatoms. The fraction of sp³-hybridized carbons (Fsp3) is 0.636. The Morgan fingerprint density at radius 3 is 2.44 bits per heavy atom. The van der Waals surface area contributed by atoms with Crippen molar-refractivity contribution in [3.8, 4) is 0 Å². The third-order valence-corrected chi connectivity index (χ3v) is 6.39. The van der Waals surface area contributed by atoms with E-state index in [9.17, 15) is 0 Å². The van der Waals surface area contributed by atoms with E-state index in [4.69, 9.17) is 9.85 Å². The number of nitrogens with two attached hydrogens (primary N) is 1. The number of aromatic nitrogens is 3. The lowest BCUT2D eigenvalue weighted by Crippen LogP contribution is -2.44. The van der Waals surface area contributed by atoms with Gasteiger partial charge in [0.2, 0.25) is 0 Å². The maximum absolute atomic E-state index is 7.92. The van der Waals surface area contributed by atoms with Crippen LogP contribution in [0.2, 0.25) is 0 Å². The molecule has 1 aromatic heterocycles. The number of benzene rings is 1. The second-order valence-corrected chi connectivity index (χ2v) is 8.46. The van der Waals surface area contributed by atoms with Gasteiger partial charge in [-0.25, -0.2) is 0 Å². The minimum atomic E-state index is -2.24. The second-order valence-electron chi connectivity index (χ2n) is 8.46. The Labute approximate surface area is 167 Å². The third-order valence-electron chi connectivity index (χ3n) is 6.39. The molecule has 4 rings (SSSR count). The standard InChI is InChI=1S/C22H33N5/c1-15(2)22-25-24-16(3)27(22)20-13-18-9-10-19(14-20)26(18)12-11-21(23)17-7-5-4-6-8-17/h4-8,15,18-21H,9-14,23H2,1-3H3/t18?,19?,20?,21-/m0/s1/i3D3. The third kappa shape index (κ3) is 3.67. The van der Waals surface area contributed by atoms with Crippen LogP contribution < -0.4 is 5.73 Å². The normalized spacial score (nSPS) is 28.7. The monoisotopic (exact) mass is 370 g/mol. The Morgan fingerprint density at radius 2 is 1.81 bits per heavy atom. The van der Waals surface area contributed by atoms with Crippen molar-refractivity contribution in [2.75, 3.05) is 6.54 Å². The molecule has 2 unspecified atom stereocenters. The Balaban J connectivity index is 1.48. The highest BCUT2D eigenvalue weighted by Crippen LogP contribution is 2.42. The molecule has 3 atom stereocenters. The van der Waals surface area contributed by atoms with Crippen LogP contribution in [0.4, 0.5) is 0 Å². The summed E-state index contributed by atoms with van der Waals surface area (Å²) in [6, 6.07) is 11.5. The zero-order valence-electron chi connectivity index (χ0n) is 19.4. The van der Waals surface area contributed by atoms with E-state index >= 15 is 0 Å². The Morgan fingerprint density at radius 1 is 1.11 bits per heavy atom. The van der Waals surface area contributed by atoms with Crippen LogP contribution in [-0.4, -0.2) is 38.3 Å². The van der Waals surface area contributed by atoms with Crippen LogP contribution in [0.3, 0.4) is 0 Å². The van der Waals surface area contributed by atoms with Gasteiger partial charge in [-0.05, 0) is 44.5 Å². The van der Waals surface area contributed by atoms with E-state index in [2.05, 4.69) is 41.1 Å². The average molecular weight is 371 g/mol. The van der Waals surface area contributed by atoms with Crippen molar-refractivity contribution in [1.82, 2.24) is 19.7 Å². The van der Waals surface area contributed by atoms with Gasteiger partial charge in [0, 0.05) is 40.7 Å². The molecule has 3 heterocycles. The molecule has 0 saturated carbocycles.